The molecule has 4 nitrogen and oxygen atoms in total. The van der Waals surface area contributed by atoms with Crippen LogP contribution in [0.3, 0.4) is 0 Å². The van der Waals surface area contributed by atoms with Crippen molar-refractivity contribution in [3.05, 3.63) is 0 Å². The summed E-state index contributed by atoms with van der Waals surface area (Å²) in [6.07, 6.45) is 0. The van der Waals surface area contributed by atoms with Gasteiger partial charge in [-0.3, -0.25) is 0 Å². The summed E-state index contributed by atoms with van der Waals surface area (Å²) in [4.78, 5) is 0. The van der Waals surface area contributed by atoms with Crippen molar-refractivity contribution in [1.82, 2.24) is 0 Å². The molecule has 0 atom stereocenters. The zero-order valence-corrected chi connectivity index (χ0v) is 20.4. The molecule has 0 bridgehead atoms. The van der Waals surface area contributed by atoms with E-state index in [1.54, 1.807) is 0 Å². The molecule has 122 valence electrons. The summed E-state index contributed by atoms with van der Waals surface area (Å²) in [6.45, 7) is 23.7. The lowest BCUT2D eigenvalue weighted by molar-refractivity contribution is 0.302. The van der Waals surface area contributed by atoms with Gasteiger partial charge < -0.3 is 16.5 Å². The Morgan fingerprint density at radius 1 is 0.550 bits per heavy atom. The number of rotatable bonds is 8. The van der Waals surface area contributed by atoms with Crippen LogP contribution in [0.4, 0.5) is 0 Å². The van der Waals surface area contributed by atoms with Gasteiger partial charge in [0.15, 0.2) is 17.4 Å². The zero-order chi connectivity index (χ0) is 16.4. The Bertz CT molecular complexity index is 312. The van der Waals surface area contributed by atoms with E-state index in [1.807, 2.05) is 0 Å². The maximum atomic E-state index is 6.36. The van der Waals surface area contributed by atoms with E-state index in [0.29, 0.717) is 0 Å². The van der Waals surface area contributed by atoms with Gasteiger partial charge in [-0.15, -0.1) is 0 Å². The second-order valence-corrected chi connectivity index (χ2v) is 25.9. The van der Waals surface area contributed by atoms with Gasteiger partial charge in [-0.2, -0.15) is 0 Å². The summed E-state index contributed by atoms with van der Waals surface area (Å²) >= 11 is 0. The van der Waals surface area contributed by atoms with Gasteiger partial charge in [0, 0.05) is 0 Å². The molecule has 0 aromatic carbocycles. The molecule has 0 saturated carbocycles. The first-order valence-electron chi connectivity index (χ1n) is 7.32. The van der Waals surface area contributed by atoms with Crippen molar-refractivity contribution < 1.29 is 16.5 Å². The molecule has 0 aliphatic heterocycles. The Labute approximate surface area is 131 Å². The molecule has 0 aliphatic rings. The lowest BCUT2D eigenvalue weighted by atomic mass is 11.8. The summed E-state index contributed by atoms with van der Waals surface area (Å²) < 4.78 is 25.0. The molecule has 0 aromatic rings. The van der Waals surface area contributed by atoms with Gasteiger partial charge >= 0.3 is 25.7 Å². The summed E-state index contributed by atoms with van der Waals surface area (Å²) in [5.74, 6) is 0. The third kappa shape index (κ3) is 10.6. The van der Waals surface area contributed by atoms with Crippen LogP contribution in [-0.2, 0) is 16.5 Å². The maximum absolute atomic E-state index is 6.36. The molecule has 0 saturated heterocycles. The van der Waals surface area contributed by atoms with E-state index in [0.717, 1.165) is 0 Å². The fourth-order valence-corrected chi connectivity index (χ4v) is 24.2. The van der Waals surface area contributed by atoms with Crippen LogP contribution in [-0.4, -0.2) is 43.0 Å². The van der Waals surface area contributed by atoms with E-state index in [9.17, 15) is 0 Å². The van der Waals surface area contributed by atoms with Crippen molar-refractivity contribution in [1.29, 1.82) is 0 Å². The smallest absolute Gasteiger partial charge is 0.314 e. The van der Waals surface area contributed by atoms with Crippen molar-refractivity contribution in [2.45, 2.75) is 72.0 Å². The Balaban J connectivity index is 4.73. The summed E-state index contributed by atoms with van der Waals surface area (Å²) in [5.41, 5.74) is 0. The molecule has 0 radical (unpaired) electrons. The van der Waals surface area contributed by atoms with Crippen LogP contribution in [0.25, 0.3) is 0 Å². The second kappa shape index (κ2) is 7.00. The van der Waals surface area contributed by atoms with E-state index >= 15 is 0 Å². The Morgan fingerprint density at radius 3 is 1.25 bits per heavy atom. The molecule has 0 unspecified atom stereocenters. The fourth-order valence-electron chi connectivity index (χ4n) is 2.55. The summed E-state index contributed by atoms with van der Waals surface area (Å²) in [5, 5.41) is 0. The molecule has 20 heavy (non-hydrogen) atoms. The third-order valence-electron chi connectivity index (χ3n) is 2.05. The van der Waals surface area contributed by atoms with Gasteiger partial charge in [0.25, 0.3) is 0 Å². The first-order chi connectivity index (χ1) is 8.54. The van der Waals surface area contributed by atoms with Crippen LogP contribution in [0.1, 0.15) is 0 Å². The number of hydrogen-bond donors (Lipinski definition) is 0. The lowest BCUT2D eigenvalue weighted by Crippen LogP contribution is -2.57. The fraction of sp³-hybridized carbons (Fsp3) is 1.00. The minimum atomic E-state index is -2.22. The average Bonchev–Trinajstić information content (AvgIpc) is 1.86. The first kappa shape index (κ1) is 20.9. The molecule has 0 fully saturated rings. The van der Waals surface area contributed by atoms with Crippen LogP contribution in [0.2, 0.25) is 72.0 Å². The van der Waals surface area contributed by atoms with Crippen LogP contribution in [0.15, 0.2) is 0 Å². The molecule has 0 aliphatic carbocycles. The normalized spacial score (nSPS) is 15.0. The largest absolute Gasteiger partial charge is 0.440 e. The third-order valence-corrected chi connectivity index (χ3v) is 18.5. The van der Waals surface area contributed by atoms with Crippen molar-refractivity contribution in [2.24, 2.45) is 0 Å². The van der Waals surface area contributed by atoms with Gasteiger partial charge in [0.2, 0.25) is 0 Å². The van der Waals surface area contributed by atoms with E-state index in [4.69, 9.17) is 16.5 Å². The predicted octanol–water partition coefficient (Wildman–Crippen LogP) is 3.98. The maximum Gasteiger partial charge on any atom is 0.314 e. The minimum absolute atomic E-state index is 1.08. The highest BCUT2D eigenvalue weighted by molar-refractivity contribution is 6.89. The van der Waals surface area contributed by atoms with E-state index < -0.39 is 43.0 Å². The average molecular weight is 371 g/mol. The van der Waals surface area contributed by atoms with E-state index in [1.165, 1.54) is 0 Å². The predicted molar refractivity (Wildman–Crippen MR) is 99.0 cm³/mol. The zero-order valence-electron chi connectivity index (χ0n) is 15.2. The Kier molecular flexibility index (Phi) is 7.33. The molecule has 9 heteroatoms. The van der Waals surface area contributed by atoms with Gasteiger partial charge in [-0.1, -0.05) is 0 Å². The van der Waals surface area contributed by atoms with Crippen LogP contribution in [0, 0.1) is 0 Å². The Hall–Kier alpha value is 0.924. The highest BCUT2D eigenvalue weighted by Gasteiger charge is 2.43. The van der Waals surface area contributed by atoms with Crippen molar-refractivity contribution >= 4 is 43.0 Å². The first-order valence-corrected chi connectivity index (χ1v) is 22.0. The quantitative estimate of drug-likeness (QED) is 0.606. The molecule has 0 N–H and O–H groups in total. The monoisotopic (exact) mass is 370 g/mol. The SMILES string of the molecule is C[SiH](C)O[Si](C)(C)O[Si](C)(C)O[Si](C)(C)O[Si](C)(C)C. The second-order valence-electron chi connectivity index (χ2n) is 7.78. The molecular weight excluding hydrogens is 337 g/mol. The standard InChI is InChI=1S/C11H34O4Si5/c1-16(2)12-18(6,7)14-20(10,11)15-19(8,9)13-17(3,4)5/h16H,1-11H3. The summed E-state index contributed by atoms with van der Waals surface area (Å²) in [6, 6.07) is 0. The Morgan fingerprint density at radius 2 is 0.900 bits per heavy atom. The minimum Gasteiger partial charge on any atom is -0.440 e. The molecule has 0 heterocycles. The van der Waals surface area contributed by atoms with E-state index in [2.05, 4.69) is 72.0 Å². The topological polar surface area (TPSA) is 36.9 Å². The van der Waals surface area contributed by atoms with Crippen LogP contribution < -0.4 is 0 Å². The van der Waals surface area contributed by atoms with Gasteiger partial charge in [-0.25, -0.2) is 0 Å². The van der Waals surface area contributed by atoms with Gasteiger partial charge in [0.05, 0.1) is 0 Å². The highest BCUT2D eigenvalue weighted by Crippen LogP contribution is 2.24. The molecule has 0 spiro atoms. The summed E-state index contributed by atoms with van der Waals surface area (Å²) in [7, 11) is -9.11. The lowest BCUT2D eigenvalue weighted by Gasteiger charge is -2.40. The molecule has 0 aromatic heterocycles. The van der Waals surface area contributed by atoms with Crippen molar-refractivity contribution in [3.63, 3.8) is 0 Å². The van der Waals surface area contributed by atoms with Crippen LogP contribution >= 0.6 is 0 Å². The van der Waals surface area contributed by atoms with Gasteiger partial charge in [0.1, 0.15) is 0 Å². The van der Waals surface area contributed by atoms with Crippen molar-refractivity contribution in [3.8, 4) is 0 Å². The van der Waals surface area contributed by atoms with E-state index in [-0.39, 0.29) is 0 Å². The molecule has 0 amide bonds. The molecular formula is C11H34O4Si5. The van der Waals surface area contributed by atoms with Crippen molar-refractivity contribution in [2.75, 3.05) is 0 Å². The van der Waals surface area contributed by atoms with Crippen LogP contribution in [0.5, 0.6) is 0 Å². The molecule has 0 rings (SSSR count). The number of hydrogen-bond acceptors (Lipinski definition) is 4. The van der Waals surface area contributed by atoms with Gasteiger partial charge in [-0.05, 0) is 72.0 Å². The highest BCUT2D eigenvalue weighted by atomic mass is 28.5.